The van der Waals surface area contributed by atoms with Crippen LogP contribution in [0.3, 0.4) is 0 Å². The molecule has 0 unspecified atom stereocenters. The Hall–Kier alpha value is -3.26. The first kappa shape index (κ1) is 19.5. The average molecular weight is 401 g/mol. The topological polar surface area (TPSA) is 94.7 Å². The molecular formula is C20H19NO6S. The Kier molecular flexibility index (Phi) is 5.41. The highest BCUT2D eigenvalue weighted by molar-refractivity contribution is 7.94. The van der Waals surface area contributed by atoms with E-state index in [0.29, 0.717) is 22.3 Å². The maximum Gasteiger partial charge on any atom is 0.203 e. The Morgan fingerprint density at radius 1 is 0.964 bits per heavy atom. The van der Waals surface area contributed by atoms with Crippen LogP contribution in [0.4, 0.5) is 0 Å². The summed E-state index contributed by atoms with van der Waals surface area (Å²) in [5, 5.41) is 1.75. The first-order valence-corrected chi connectivity index (χ1v) is 9.78. The highest BCUT2D eigenvalue weighted by Crippen LogP contribution is 2.40. The molecule has 0 saturated heterocycles. The molecule has 0 fully saturated rings. The molecule has 3 aromatic rings. The number of sulfone groups is 1. The van der Waals surface area contributed by atoms with Crippen molar-refractivity contribution in [2.24, 2.45) is 0 Å². The summed E-state index contributed by atoms with van der Waals surface area (Å²) in [4.78, 5) is 14.2. The quantitative estimate of drug-likeness (QED) is 0.610. The molecule has 0 aliphatic carbocycles. The number of benzene rings is 2. The monoisotopic (exact) mass is 401 g/mol. The Morgan fingerprint density at radius 3 is 2.21 bits per heavy atom. The van der Waals surface area contributed by atoms with Gasteiger partial charge in [-0.3, -0.25) is 4.79 Å². The van der Waals surface area contributed by atoms with Crippen LogP contribution in [-0.2, 0) is 9.84 Å². The fraction of sp³-hybridized carbons (Fsp3) is 0.150. The zero-order valence-corrected chi connectivity index (χ0v) is 16.4. The van der Waals surface area contributed by atoms with Crippen LogP contribution in [0.5, 0.6) is 17.2 Å². The molecule has 0 spiro atoms. The minimum Gasteiger partial charge on any atom is -0.493 e. The summed E-state index contributed by atoms with van der Waals surface area (Å²) in [6, 6.07) is 8.07. The fourth-order valence-electron chi connectivity index (χ4n) is 2.93. The second-order valence-corrected chi connectivity index (χ2v) is 7.67. The summed E-state index contributed by atoms with van der Waals surface area (Å²) in [7, 11) is 0.454. The number of aldehydes is 1. The van der Waals surface area contributed by atoms with E-state index in [2.05, 4.69) is 4.98 Å². The molecular weight excluding hydrogens is 382 g/mol. The minimum atomic E-state index is -3.81. The van der Waals surface area contributed by atoms with Gasteiger partial charge in [-0.25, -0.2) is 8.42 Å². The van der Waals surface area contributed by atoms with E-state index in [0.717, 1.165) is 17.2 Å². The van der Waals surface area contributed by atoms with Gasteiger partial charge in [0.05, 0.1) is 26.2 Å². The van der Waals surface area contributed by atoms with Crippen LogP contribution in [0.2, 0.25) is 0 Å². The average Bonchev–Trinajstić information content (AvgIpc) is 3.14. The van der Waals surface area contributed by atoms with Crippen molar-refractivity contribution in [3.63, 3.8) is 0 Å². The Bertz CT molecular complexity index is 1140. The molecule has 0 aliphatic rings. The lowest BCUT2D eigenvalue weighted by atomic mass is 10.1. The van der Waals surface area contributed by atoms with E-state index in [-0.39, 0.29) is 16.4 Å². The first-order valence-electron chi connectivity index (χ1n) is 8.23. The molecule has 0 saturated carbocycles. The molecule has 7 nitrogen and oxygen atoms in total. The number of aromatic nitrogens is 1. The van der Waals surface area contributed by atoms with Crippen molar-refractivity contribution in [2.75, 3.05) is 21.3 Å². The molecule has 3 rings (SSSR count). The van der Waals surface area contributed by atoms with Crippen molar-refractivity contribution in [1.29, 1.82) is 0 Å². The summed E-state index contributed by atoms with van der Waals surface area (Å²) in [5.41, 5.74) is 1.81. The Balaban J connectivity index is 2.08. The molecule has 1 N–H and O–H groups in total. The molecule has 8 heteroatoms. The van der Waals surface area contributed by atoms with Crippen LogP contribution < -0.4 is 14.2 Å². The number of aromatic amines is 1. The predicted molar refractivity (Wildman–Crippen MR) is 106 cm³/mol. The molecule has 2 aromatic carbocycles. The number of rotatable bonds is 7. The molecule has 0 aliphatic heterocycles. The van der Waals surface area contributed by atoms with Crippen molar-refractivity contribution in [2.45, 2.75) is 4.90 Å². The smallest absolute Gasteiger partial charge is 0.203 e. The fourth-order valence-corrected chi connectivity index (χ4v) is 3.96. The third-order valence-electron chi connectivity index (χ3n) is 4.29. The number of fused-ring (bicyclic) bond motifs is 1. The normalized spacial score (nSPS) is 11.7. The predicted octanol–water partition coefficient (Wildman–Crippen LogP) is 3.45. The number of hydrogen-bond donors (Lipinski definition) is 1. The minimum absolute atomic E-state index is 0.00453. The number of methoxy groups -OCH3 is 3. The number of hydrogen-bond acceptors (Lipinski definition) is 6. The molecule has 28 heavy (non-hydrogen) atoms. The Labute approximate surface area is 162 Å². The van der Waals surface area contributed by atoms with Crippen LogP contribution in [0.15, 0.2) is 46.8 Å². The van der Waals surface area contributed by atoms with Gasteiger partial charge in [0.2, 0.25) is 5.75 Å². The van der Waals surface area contributed by atoms with Gasteiger partial charge in [-0.2, -0.15) is 0 Å². The van der Waals surface area contributed by atoms with Gasteiger partial charge in [0.15, 0.2) is 27.6 Å². The largest absolute Gasteiger partial charge is 0.493 e. The van der Waals surface area contributed by atoms with Gasteiger partial charge >= 0.3 is 0 Å². The summed E-state index contributed by atoms with van der Waals surface area (Å²) < 4.78 is 41.4. The third kappa shape index (κ3) is 3.46. The SMILES string of the molecule is COc1cc(S(=O)(=O)/C=C/c2cccc3[nH]cc(C=O)c23)cc(OC)c1OC. The molecule has 1 heterocycles. The molecule has 1 aromatic heterocycles. The lowest BCUT2D eigenvalue weighted by molar-refractivity contribution is 0.112. The van der Waals surface area contributed by atoms with Gasteiger partial charge in [0, 0.05) is 40.2 Å². The zero-order chi connectivity index (χ0) is 20.3. The van der Waals surface area contributed by atoms with E-state index in [9.17, 15) is 13.2 Å². The summed E-state index contributed by atoms with van der Waals surface area (Å²) in [6.45, 7) is 0. The van der Waals surface area contributed by atoms with Crippen molar-refractivity contribution >= 4 is 33.1 Å². The van der Waals surface area contributed by atoms with E-state index >= 15 is 0 Å². The van der Waals surface area contributed by atoms with E-state index in [4.69, 9.17) is 14.2 Å². The van der Waals surface area contributed by atoms with Gasteiger partial charge in [-0.15, -0.1) is 0 Å². The van der Waals surface area contributed by atoms with Crippen LogP contribution in [-0.4, -0.2) is 41.0 Å². The molecule has 0 radical (unpaired) electrons. The van der Waals surface area contributed by atoms with Crippen molar-refractivity contribution in [3.8, 4) is 17.2 Å². The zero-order valence-electron chi connectivity index (χ0n) is 15.6. The van der Waals surface area contributed by atoms with Gasteiger partial charge in [-0.1, -0.05) is 12.1 Å². The molecule has 0 atom stereocenters. The second-order valence-electron chi connectivity index (χ2n) is 5.84. The van der Waals surface area contributed by atoms with Gasteiger partial charge in [-0.05, 0) is 17.7 Å². The second kappa shape index (κ2) is 7.77. The van der Waals surface area contributed by atoms with Crippen LogP contribution in [0.1, 0.15) is 15.9 Å². The van der Waals surface area contributed by atoms with E-state index in [1.54, 1.807) is 18.3 Å². The third-order valence-corrected chi connectivity index (χ3v) is 5.68. The maximum absolute atomic E-state index is 12.9. The van der Waals surface area contributed by atoms with Crippen molar-refractivity contribution in [3.05, 3.63) is 53.1 Å². The number of nitrogens with one attached hydrogen (secondary N) is 1. The number of ether oxygens (including phenoxy) is 3. The van der Waals surface area contributed by atoms with Crippen molar-refractivity contribution < 1.29 is 27.4 Å². The highest BCUT2D eigenvalue weighted by atomic mass is 32.2. The lowest BCUT2D eigenvalue weighted by Crippen LogP contribution is -2.01. The number of H-pyrrole nitrogens is 1. The van der Waals surface area contributed by atoms with Crippen LogP contribution in [0.25, 0.3) is 17.0 Å². The molecule has 146 valence electrons. The Morgan fingerprint density at radius 2 is 1.64 bits per heavy atom. The van der Waals surface area contributed by atoms with E-state index in [1.165, 1.54) is 39.5 Å². The molecule has 0 bridgehead atoms. The van der Waals surface area contributed by atoms with E-state index < -0.39 is 9.84 Å². The van der Waals surface area contributed by atoms with E-state index in [1.807, 2.05) is 6.07 Å². The number of carbonyl (C=O) groups excluding carboxylic acids is 1. The van der Waals surface area contributed by atoms with Gasteiger partial charge < -0.3 is 19.2 Å². The maximum atomic E-state index is 12.9. The lowest BCUT2D eigenvalue weighted by Gasteiger charge is -2.13. The van der Waals surface area contributed by atoms with Gasteiger partial charge in [0.1, 0.15) is 0 Å². The van der Waals surface area contributed by atoms with Crippen molar-refractivity contribution in [1.82, 2.24) is 4.98 Å². The van der Waals surface area contributed by atoms with Gasteiger partial charge in [0.25, 0.3) is 0 Å². The van der Waals surface area contributed by atoms with Crippen LogP contribution >= 0.6 is 0 Å². The summed E-state index contributed by atoms with van der Waals surface area (Å²) >= 11 is 0. The van der Waals surface area contributed by atoms with Crippen LogP contribution in [0, 0.1) is 0 Å². The first-order chi connectivity index (χ1) is 13.4. The summed E-state index contributed by atoms with van der Waals surface area (Å²) in [6.07, 6.45) is 3.77. The highest BCUT2D eigenvalue weighted by Gasteiger charge is 2.19. The molecule has 0 amide bonds. The summed E-state index contributed by atoms with van der Waals surface area (Å²) in [5.74, 6) is 0.787. The number of carbonyl (C=O) groups is 1. The standard InChI is InChI=1S/C20H19NO6S/c1-25-17-9-15(10-18(26-2)20(17)27-3)28(23,24)8-7-13-5-4-6-16-19(13)14(12-22)11-21-16/h4-12,21H,1-3H3/b8-7+.